The average Bonchev–Trinajstić information content (AvgIpc) is 2.53. The van der Waals surface area contributed by atoms with Crippen molar-refractivity contribution in [2.24, 2.45) is 5.92 Å². The Morgan fingerprint density at radius 3 is 2.28 bits per heavy atom. The van der Waals surface area contributed by atoms with E-state index in [4.69, 9.17) is 0 Å². The molecule has 0 fully saturated rings. The Kier molecular flexibility index (Phi) is 8.05. The van der Waals surface area contributed by atoms with Crippen molar-refractivity contribution >= 4 is 21.9 Å². The minimum Gasteiger partial charge on any atom is -0.467 e. The maximum atomic E-state index is 12.1. The van der Waals surface area contributed by atoms with Crippen molar-refractivity contribution in [3.8, 4) is 0 Å². The van der Waals surface area contributed by atoms with Crippen LogP contribution in [0.4, 0.5) is 0 Å². The fraction of sp³-hybridized carbons (Fsp3) is 0.529. The number of aryl methyl sites for hydroxylation is 1. The first-order chi connectivity index (χ1) is 11.7. The number of methoxy groups -OCH3 is 1. The summed E-state index contributed by atoms with van der Waals surface area (Å²) in [6, 6.07) is 5.69. The Bertz CT molecular complexity index is 683. The topological polar surface area (TPSA) is 102 Å². The van der Waals surface area contributed by atoms with Crippen LogP contribution in [0.1, 0.15) is 32.3 Å². The largest absolute Gasteiger partial charge is 0.467 e. The number of hydrogen-bond donors (Lipinski definition) is 2. The highest BCUT2D eigenvalue weighted by molar-refractivity contribution is 7.89. The fourth-order valence-corrected chi connectivity index (χ4v) is 3.23. The predicted octanol–water partition coefficient (Wildman–Crippen LogP) is 1.37. The Labute approximate surface area is 149 Å². The molecular formula is C17H26N2O5S. The Balaban J connectivity index is 2.55. The number of esters is 1. The van der Waals surface area contributed by atoms with E-state index in [1.807, 2.05) is 20.8 Å². The van der Waals surface area contributed by atoms with Crippen LogP contribution in [-0.2, 0) is 24.3 Å². The molecule has 0 radical (unpaired) electrons. The summed E-state index contributed by atoms with van der Waals surface area (Å²) in [4.78, 5) is 23.8. The van der Waals surface area contributed by atoms with Crippen molar-refractivity contribution in [1.29, 1.82) is 0 Å². The molecule has 0 saturated carbocycles. The third-order valence-corrected chi connectivity index (χ3v) is 4.98. The fourth-order valence-electron chi connectivity index (χ4n) is 2.19. The van der Waals surface area contributed by atoms with Gasteiger partial charge in [0.1, 0.15) is 6.04 Å². The molecule has 0 heterocycles. The summed E-state index contributed by atoms with van der Waals surface area (Å²) in [6.45, 7) is 5.66. The number of hydrogen-bond acceptors (Lipinski definition) is 5. The third kappa shape index (κ3) is 7.23. The lowest BCUT2D eigenvalue weighted by Crippen LogP contribution is -2.43. The predicted molar refractivity (Wildman–Crippen MR) is 94.4 cm³/mol. The molecule has 2 N–H and O–H groups in total. The third-order valence-electron chi connectivity index (χ3n) is 3.50. The van der Waals surface area contributed by atoms with Crippen molar-refractivity contribution in [3.63, 3.8) is 0 Å². The van der Waals surface area contributed by atoms with Crippen LogP contribution in [0.25, 0.3) is 0 Å². The molecule has 1 amide bonds. The molecule has 140 valence electrons. The maximum absolute atomic E-state index is 12.1. The molecule has 1 atom stereocenters. The molecule has 1 unspecified atom stereocenters. The van der Waals surface area contributed by atoms with Gasteiger partial charge < -0.3 is 10.1 Å². The van der Waals surface area contributed by atoms with Crippen LogP contribution in [0.2, 0.25) is 0 Å². The van der Waals surface area contributed by atoms with Crippen molar-refractivity contribution in [2.45, 2.75) is 44.6 Å². The Morgan fingerprint density at radius 1 is 1.16 bits per heavy atom. The van der Waals surface area contributed by atoms with Gasteiger partial charge in [0, 0.05) is 13.0 Å². The summed E-state index contributed by atoms with van der Waals surface area (Å²) in [7, 11) is -2.40. The highest BCUT2D eigenvalue weighted by atomic mass is 32.2. The molecule has 7 nitrogen and oxygen atoms in total. The van der Waals surface area contributed by atoms with Crippen LogP contribution < -0.4 is 10.0 Å². The van der Waals surface area contributed by atoms with Gasteiger partial charge in [0.25, 0.3) is 0 Å². The number of carbonyl (C=O) groups is 2. The molecule has 25 heavy (non-hydrogen) atoms. The van der Waals surface area contributed by atoms with Crippen LogP contribution in [0.15, 0.2) is 29.2 Å². The molecular weight excluding hydrogens is 344 g/mol. The molecule has 0 aliphatic carbocycles. The zero-order valence-electron chi connectivity index (χ0n) is 15.0. The van der Waals surface area contributed by atoms with E-state index in [1.165, 1.54) is 19.2 Å². The maximum Gasteiger partial charge on any atom is 0.328 e. The van der Waals surface area contributed by atoms with E-state index in [2.05, 4.69) is 14.8 Å². The smallest absolute Gasteiger partial charge is 0.328 e. The summed E-state index contributed by atoms with van der Waals surface area (Å²) in [5.41, 5.74) is 0.956. The zero-order valence-corrected chi connectivity index (χ0v) is 15.9. The van der Waals surface area contributed by atoms with E-state index in [1.54, 1.807) is 12.1 Å². The van der Waals surface area contributed by atoms with Gasteiger partial charge in [-0.2, -0.15) is 0 Å². The van der Waals surface area contributed by atoms with E-state index in [-0.39, 0.29) is 23.8 Å². The number of amides is 1. The van der Waals surface area contributed by atoms with E-state index < -0.39 is 27.9 Å². The molecule has 1 rings (SSSR count). The van der Waals surface area contributed by atoms with Gasteiger partial charge in [-0.1, -0.05) is 31.5 Å². The van der Waals surface area contributed by atoms with Gasteiger partial charge in [0.15, 0.2) is 0 Å². The SMILES string of the molecule is COC(=O)C(CC(C)C)NC(=O)CCNS(=O)(=O)c1ccc(C)cc1. The number of sulfonamides is 1. The number of benzene rings is 1. The number of ether oxygens (including phenoxy) is 1. The lowest BCUT2D eigenvalue weighted by molar-refractivity contribution is -0.145. The van der Waals surface area contributed by atoms with Gasteiger partial charge in [-0.25, -0.2) is 17.9 Å². The van der Waals surface area contributed by atoms with E-state index in [0.29, 0.717) is 6.42 Å². The molecule has 0 saturated heterocycles. The van der Waals surface area contributed by atoms with Crippen molar-refractivity contribution < 1.29 is 22.7 Å². The molecule has 0 bridgehead atoms. The van der Waals surface area contributed by atoms with E-state index >= 15 is 0 Å². The van der Waals surface area contributed by atoms with Gasteiger partial charge >= 0.3 is 5.97 Å². The van der Waals surface area contributed by atoms with Crippen molar-refractivity contribution in [1.82, 2.24) is 10.0 Å². The van der Waals surface area contributed by atoms with Gasteiger partial charge in [0.05, 0.1) is 12.0 Å². The summed E-state index contributed by atoms with van der Waals surface area (Å²) in [5.74, 6) is -0.727. The number of nitrogens with one attached hydrogen (secondary N) is 2. The van der Waals surface area contributed by atoms with Gasteiger partial charge in [-0.3, -0.25) is 4.79 Å². The monoisotopic (exact) mass is 370 g/mol. The second kappa shape index (κ2) is 9.53. The molecule has 8 heteroatoms. The van der Waals surface area contributed by atoms with Crippen molar-refractivity contribution in [2.75, 3.05) is 13.7 Å². The minimum absolute atomic E-state index is 0.0579. The molecule has 1 aromatic carbocycles. The van der Waals surface area contributed by atoms with Crippen LogP contribution in [0.3, 0.4) is 0 Å². The first-order valence-electron chi connectivity index (χ1n) is 8.09. The summed E-state index contributed by atoms with van der Waals surface area (Å²) in [6.07, 6.45) is 0.379. The molecule has 0 aliphatic rings. The first kappa shape index (κ1) is 21.1. The number of rotatable bonds is 9. The van der Waals surface area contributed by atoms with Gasteiger partial charge in [0.2, 0.25) is 15.9 Å². The van der Waals surface area contributed by atoms with Crippen LogP contribution in [0.5, 0.6) is 0 Å². The number of carbonyl (C=O) groups excluding carboxylic acids is 2. The lowest BCUT2D eigenvalue weighted by Gasteiger charge is -2.18. The Hall–Kier alpha value is -1.93. The van der Waals surface area contributed by atoms with Crippen LogP contribution >= 0.6 is 0 Å². The van der Waals surface area contributed by atoms with Crippen LogP contribution in [0, 0.1) is 12.8 Å². The van der Waals surface area contributed by atoms with Crippen LogP contribution in [-0.4, -0.2) is 40.0 Å². The quantitative estimate of drug-likeness (QED) is 0.639. The van der Waals surface area contributed by atoms with E-state index in [0.717, 1.165) is 5.56 Å². The summed E-state index contributed by atoms with van der Waals surface area (Å²) >= 11 is 0. The highest BCUT2D eigenvalue weighted by Gasteiger charge is 2.22. The highest BCUT2D eigenvalue weighted by Crippen LogP contribution is 2.10. The average molecular weight is 370 g/mol. The second-order valence-electron chi connectivity index (χ2n) is 6.23. The molecule has 1 aromatic rings. The summed E-state index contributed by atoms with van der Waals surface area (Å²) < 4.78 is 31.3. The molecule has 0 spiro atoms. The van der Waals surface area contributed by atoms with E-state index in [9.17, 15) is 18.0 Å². The molecule has 0 aliphatic heterocycles. The van der Waals surface area contributed by atoms with Gasteiger partial charge in [-0.15, -0.1) is 0 Å². The zero-order chi connectivity index (χ0) is 19.0. The minimum atomic E-state index is -3.66. The summed E-state index contributed by atoms with van der Waals surface area (Å²) in [5, 5.41) is 2.58. The first-order valence-corrected chi connectivity index (χ1v) is 9.57. The molecule has 0 aromatic heterocycles. The van der Waals surface area contributed by atoms with Crippen molar-refractivity contribution in [3.05, 3.63) is 29.8 Å². The lowest BCUT2D eigenvalue weighted by atomic mass is 10.0. The standard InChI is InChI=1S/C17H26N2O5S/c1-12(2)11-15(17(21)24-4)19-16(20)9-10-18-25(22,23)14-7-5-13(3)6-8-14/h5-8,12,15,18H,9-11H2,1-4H3,(H,19,20). The van der Waals surface area contributed by atoms with Gasteiger partial charge in [-0.05, 0) is 31.4 Å². The normalized spacial score (nSPS) is 12.7. The second-order valence-corrected chi connectivity index (χ2v) is 8.00. The Morgan fingerprint density at radius 2 is 1.76 bits per heavy atom.